The topological polar surface area (TPSA) is 118 Å². The monoisotopic (exact) mass is 298 g/mol. The highest BCUT2D eigenvalue weighted by molar-refractivity contribution is 5.93. The Bertz CT molecular complexity index is 1000. The number of nitrogens with one attached hydrogen (secondary N) is 1. The molecular formula is C14H10N4O4. The maximum absolute atomic E-state index is 11.9. The number of fused-ring (bicyclic) bond motifs is 2. The van der Waals surface area contributed by atoms with E-state index < -0.39 is 17.2 Å². The van der Waals surface area contributed by atoms with Gasteiger partial charge < -0.3 is 9.67 Å². The second-order valence-corrected chi connectivity index (χ2v) is 4.56. The van der Waals surface area contributed by atoms with Gasteiger partial charge in [-0.25, -0.2) is 14.6 Å². The average Bonchev–Trinajstić information content (AvgIpc) is 2.47. The van der Waals surface area contributed by atoms with Crippen LogP contribution >= 0.6 is 0 Å². The quantitative estimate of drug-likeness (QED) is 0.536. The minimum absolute atomic E-state index is 0.0310. The lowest BCUT2D eigenvalue weighted by molar-refractivity contribution is 0.0697. The maximum Gasteiger partial charge on any atom is 0.349 e. The van der Waals surface area contributed by atoms with Crippen molar-refractivity contribution in [2.24, 2.45) is 0 Å². The lowest BCUT2D eigenvalue weighted by Crippen LogP contribution is -2.28. The van der Waals surface area contributed by atoms with Crippen LogP contribution < -0.4 is 11.2 Å². The van der Waals surface area contributed by atoms with Gasteiger partial charge in [0.2, 0.25) is 0 Å². The Morgan fingerprint density at radius 1 is 1.36 bits per heavy atom. The first-order valence-corrected chi connectivity index (χ1v) is 6.30. The molecule has 1 aromatic rings. The van der Waals surface area contributed by atoms with Gasteiger partial charge >= 0.3 is 11.7 Å². The third-order valence-corrected chi connectivity index (χ3v) is 3.17. The van der Waals surface area contributed by atoms with Crippen molar-refractivity contribution in [3.8, 4) is 11.5 Å². The zero-order valence-corrected chi connectivity index (χ0v) is 11.2. The van der Waals surface area contributed by atoms with Gasteiger partial charge in [0.25, 0.3) is 5.56 Å². The number of aromatic amines is 1. The lowest BCUT2D eigenvalue weighted by Gasteiger charge is -2.15. The number of carbonyl (C=O) groups is 1. The van der Waals surface area contributed by atoms with Gasteiger partial charge in [-0.3, -0.25) is 9.78 Å². The minimum atomic E-state index is -1.10. The summed E-state index contributed by atoms with van der Waals surface area (Å²) in [5.74, 6) is -0.967. The Morgan fingerprint density at radius 3 is 2.82 bits per heavy atom. The molecule has 0 aliphatic carbocycles. The molecule has 2 N–H and O–H groups in total. The van der Waals surface area contributed by atoms with E-state index in [0.717, 1.165) is 0 Å². The summed E-state index contributed by atoms with van der Waals surface area (Å²) in [6.45, 7) is 3.92. The van der Waals surface area contributed by atoms with Crippen molar-refractivity contribution < 1.29 is 9.90 Å². The Balaban J connectivity index is 2.51. The number of allylic oxidation sites excluding steroid dienone is 1. The van der Waals surface area contributed by atoms with Crippen LogP contribution in [-0.2, 0) is 6.54 Å². The number of carboxylic acids is 1. The SMILES string of the molecule is C=CCn1c2nc(=O)[nH]c(=O)c-2nc2cc(C(=O)O)ccc21. The van der Waals surface area contributed by atoms with Crippen molar-refractivity contribution in [3.63, 3.8) is 0 Å². The van der Waals surface area contributed by atoms with Crippen LogP contribution in [0.3, 0.4) is 0 Å². The smallest absolute Gasteiger partial charge is 0.349 e. The summed E-state index contributed by atoms with van der Waals surface area (Å²) in [4.78, 5) is 44.4. The fourth-order valence-electron chi connectivity index (χ4n) is 2.25. The second kappa shape index (κ2) is 4.92. The van der Waals surface area contributed by atoms with Gasteiger partial charge in [-0.15, -0.1) is 6.58 Å². The van der Waals surface area contributed by atoms with E-state index in [2.05, 4.69) is 16.5 Å². The van der Waals surface area contributed by atoms with Gasteiger partial charge in [0.05, 0.1) is 16.6 Å². The van der Waals surface area contributed by atoms with Crippen LogP contribution in [0.5, 0.6) is 0 Å². The highest BCUT2D eigenvalue weighted by Gasteiger charge is 2.18. The first-order chi connectivity index (χ1) is 10.5. The fraction of sp³-hybridized carbons (Fsp3) is 0.0714. The van der Waals surface area contributed by atoms with E-state index in [-0.39, 0.29) is 23.6 Å². The van der Waals surface area contributed by atoms with E-state index in [1.54, 1.807) is 16.7 Å². The van der Waals surface area contributed by atoms with Crippen molar-refractivity contribution >= 4 is 17.0 Å². The number of hydrogen-bond donors (Lipinski definition) is 2. The highest BCUT2D eigenvalue weighted by atomic mass is 16.4. The average molecular weight is 298 g/mol. The molecule has 1 aromatic carbocycles. The largest absolute Gasteiger partial charge is 0.478 e. The van der Waals surface area contributed by atoms with Crippen LogP contribution in [0.2, 0.25) is 0 Å². The molecule has 8 heteroatoms. The Morgan fingerprint density at radius 2 is 2.14 bits per heavy atom. The number of H-pyrrole nitrogens is 1. The molecule has 0 saturated heterocycles. The first kappa shape index (κ1) is 13.7. The number of carboxylic acid groups (broad SMARTS) is 1. The van der Waals surface area contributed by atoms with Gasteiger partial charge in [0, 0.05) is 6.54 Å². The van der Waals surface area contributed by atoms with Crippen molar-refractivity contribution in [2.45, 2.75) is 6.54 Å². The van der Waals surface area contributed by atoms with Gasteiger partial charge in [-0.05, 0) is 18.2 Å². The number of aromatic carboxylic acids is 1. The molecule has 110 valence electrons. The number of nitrogens with zero attached hydrogens (tertiary/aromatic N) is 3. The van der Waals surface area contributed by atoms with E-state index in [0.29, 0.717) is 11.0 Å². The molecule has 3 rings (SSSR count). The molecule has 0 aromatic heterocycles. The molecule has 0 fully saturated rings. The number of benzene rings is 1. The molecule has 0 saturated carbocycles. The van der Waals surface area contributed by atoms with Crippen molar-refractivity contribution in [3.05, 3.63) is 57.3 Å². The molecule has 2 heterocycles. The van der Waals surface area contributed by atoms with Gasteiger partial charge in [0.15, 0.2) is 11.5 Å². The Labute approximate surface area is 122 Å². The van der Waals surface area contributed by atoms with Crippen LogP contribution in [-0.4, -0.2) is 30.6 Å². The first-order valence-electron chi connectivity index (χ1n) is 6.30. The van der Waals surface area contributed by atoms with E-state index in [1.807, 2.05) is 4.98 Å². The summed E-state index contributed by atoms with van der Waals surface area (Å²) in [6.07, 6.45) is 1.58. The molecule has 2 aliphatic heterocycles. The molecule has 0 radical (unpaired) electrons. The summed E-state index contributed by atoms with van der Waals surface area (Å²) in [6, 6.07) is 4.34. The van der Waals surface area contributed by atoms with E-state index >= 15 is 0 Å². The zero-order chi connectivity index (χ0) is 15.9. The van der Waals surface area contributed by atoms with Crippen LogP contribution in [0.25, 0.3) is 22.6 Å². The van der Waals surface area contributed by atoms with Gasteiger partial charge in [0.1, 0.15) is 0 Å². The molecule has 8 nitrogen and oxygen atoms in total. The third-order valence-electron chi connectivity index (χ3n) is 3.17. The summed E-state index contributed by atoms with van der Waals surface area (Å²) in [5, 5.41) is 9.05. The molecule has 0 atom stereocenters. The lowest BCUT2D eigenvalue weighted by atomic mass is 10.1. The van der Waals surface area contributed by atoms with Crippen molar-refractivity contribution in [1.29, 1.82) is 0 Å². The molecular weight excluding hydrogens is 288 g/mol. The summed E-state index contributed by atoms with van der Waals surface area (Å²) in [7, 11) is 0. The number of rotatable bonds is 3. The normalized spacial score (nSPS) is 10.9. The number of aromatic nitrogens is 4. The zero-order valence-electron chi connectivity index (χ0n) is 11.2. The molecule has 0 bridgehead atoms. The summed E-state index contributed by atoms with van der Waals surface area (Å²) in [5.41, 5.74) is -0.546. The van der Waals surface area contributed by atoms with Crippen LogP contribution in [0.4, 0.5) is 0 Å². The van der Waals surface area contributed by atoms with E-state index in [9.17, 15) is 14.4 Å². The predicted molar refractivity (Wildman–Crippen MR) is 78.2 cm³/mol. The highest BCUT2D eigenvalue weighted by Crippen LogP contribution is 2.21. The van der Waals surface area contributed by atoms with Crippen LogP contribution in [0.15, 0.2) is 40.4 Å². The Kier molecular flexibility index (Phi) is 3.06. The molecule has 0 unspecified atom stereocenters. The number of hydrogen-bond acceptors (Lipinski definition) is 5. The summed E-state index contributed by atoms with van der Waals surface area (Å²) >= 11 is 0. The van der Waals surface area contributed by atoms with E-state index in [1.165, 1.54) is 12.1 Å². The molecule has 0 amide bonds. The minimum Gasteiger partial charge on any atom is -0.478 e. The predicted octanol–water partition coefficient (Wildman–Crippen LogP) is 0.469. The third kappa shape index (κ3) is 2.06. The maximum atomic E-state index is 11.9. The molecule has 0 spiro atoms. The summed E-state index contributed by atoms with van der Waals surface area (Å²) < 4.78 is 1.59. The fourth-order valence-corrected chi connectivity index (χ4v) is 2.25. The standard InChI is InChI=1S/C14H10N4O4/c1-2-5-18-9-4-3-7(13(20)21)6-8(9)15-10-11(18)16-14(22)17-12(10)19/h2-4,6H,1,5H2,(H,20,21)(H,17,19,22). The Hall–Kier alpha value is -3.29. The molecule has 2 aliphatic rings. The molecule has 22 heavy (non-hydrogen) atoms. The van der Waals surface area contributed by atoms with E-state index in [4.69, 9.17) is 5.11 Å². The van der Waals surface area contributed by atoms with Crippen LogP contribution in [0, 0.1) is 0 Å². The van der Waals surface area contributed by atoms with Crippen molar-refractivity contribution in [2.75, 3.05) is 0 Å². The van der Waals surface area contributed by atoms with Crippen LogP contribution in [0.1, 0.15) is 10.4 Å². The second-order valence-electron chi connectivity index (χ2n) is 4.56. The van der Waals surface area contributed by atoms with Crippen molar-refractivity contribution in [1.82, 2.24) is 19.5 Å². The van der Waals surface area contributed by atoms with Gasteiger partial charge in [-0.1, -0.05) is 6.08 Å². The van der Waals surface area contributed by atoms with Gasteiger partial charge in [-0.2, -0.15) is 4.98 Å².